The number of halogens is 1. The van der Waals surface area contributed by atoms with Gasteiger partial charge >= 0.3 is 0 Å². The van der Waals surface area contributed by atoms with E-state index in [1.807, 2.05) is 30.3 Å². The Morgan fingerprint density at radius 2 is 1.92 bits per heavy atom. The SMILES string of the molecule is O=Cc1c(Br)cccc1N1CCc2cc(N3CCC3)ccc2C1=O. The highest BCUT2D eigenvalue weighted by Crippen LogP contribution is 2.32. The predicted octanol–water partition coefficient (Wildman–Crippen LogP) is 3.67. The first-order chi connectivity index (χ1) is 11.7. The van der Waals surface area contributed by atoms with Crippen molar-refractivity contribution in [2.24, 2.45) is 0 Å². The van der Waals surface area contributed by atoms with Crippen LogP contribution in [0.25, 0.3) is 0 Å². The van der Waals surface area contributed by atoms with Crippen molar-refractivity contribution in [2.45, 2.75) is 12.8 Å². The van der Waals surface area contributed by atoms with Crippen molar-refractivity contribution in [1.82, 2.24) is 0 Å². The highest BCUT2D eigenvalue weighted by Gasteiger charge is 2.28. The first-order valence-corrected chi connectivity index (χ1v) is 8.92. The number of anilines is 2. The molecule has 1 saturated heterocycles. The molecule has 0 saturated carbocycles. The highest BCUT2D eigenvalue weighted by atomic mass is 79.9. The molecule has 0 aromatic heterocycles. The molecule has 0 radical (unpaired) electrons. The molecule has 4 nitrogen and oxygen atoms in total. The van der Waals surface area contributed by atoms with Crippen LogP contribution in [0.3, 0.4) is 0 Å². The Balaban J connectivity index is 1.69. The summed E-state index contributed by atoms with van der Waals surface area (Å²) < 4.78 is 0.710. The summed E-state index contributed by atoms with van der Waals surface area (Å²) in [5.41, 5.74) is 4.23. The predicted molar refractivity (Wildman–Crippen MR) is 98.2 cm³/mol. The lowest BCUT2D eigenvalue weighted by Crippen LogP contribution is -2.39. The molecule has 122 valence electrons. The standard InChI is InChI=1S/C19H17BrN2O2/c20-17-3-1-4-18(16(17)12-23)22-10-7-13-11-14(21-8-2-9-21)5-6-15(13)19(22)24/h1,3-6,11-12H,2,7-10H2. The molecule has 2 heterocycles. The first-order valence-electron chi connectivity index (χ1n) is 8.12. The van der Waals surface area contributed by atoms with Gasteiger partial charge in [-0.15, -0.1) is 0 Å². The zero-order valence-electron chi connectivity index (χ0n) is 13.2. The van der Waals surface area contributed by atoms with Gasteiger partial charge in [0.1, 0.15) is 0 Å². The molecule has 0 N–H and O–H groups in total. The average Bonchev–Trinajstić information content (AvgIpc) is 2.53. The maximum atomic E-state index is 12.9. The molecular formula is C19H17BrN2O2. The Morgan fingerprint density at radius 3 is 2.62 bits per heavy atom. The van der Waals surface area contributed by atoms with E-state index >= 15 is 0 Å². The molecule has 5 heteroatoms. The van der Waals surface area contributed by atoms with Crippen molar-refractivity contribution in [3.63, 3.8) is 0 Å². The van der Waals surface area contributed by atoms with Crippen LogP contribution in [-0.4, -0.2) is 31.8 Å². The quantitative estimate of drug-likeness (QED) is 0.757. The number of hydrogen-bond acceptors (Lipinski definition) is 3. The van der Waals surface area contributed by atoms with Crippen molar-refractivity contribution >= 4 is 39.5 Å². The third-order valence-corrected chi connectivity index (χ3v) is 5.52. The molecule has 2 aromatic carbocycles. The van der Waals surface area contributed by atoms with Crippen LogP contribution in [0.4, 0.5) is 11.4 Å². The second-order valence-electron chi connectivity index (χ2n) is 6.18. The second-order valence-corrected chi connectivity index (χ2v) is 7.03. The van der Waals surface area contributed by atoms with E-state index in [-0.39, 0.29) is 5.91 Å². The summed E-state index contributed by atoms with van der Waals surface area (Å²) in [7, 11) is 0. The summed E-state index contributed by atoms with van der Waals surface area (Å²) in [4.78, 5) is 28.4. The molecule has 1 fully saturated rings. The summed E-state index contributed by atoms with van der Waals surface area (Å²) in [5, 5.41) is 0. The van der Waals surface area contributed by atoms with E-state index in [0.29, 0.717) is 22.3 Å². The molecule has 0 unspecified atom stereocenters. The normalized spacial score (nSPS) is 16.6. The molecule has 4 rings (SSSR count). The molecule has 1 amide bonds. The van der Waals surface area contributed by atoms with Crippen LogP contribution in [0.15, 0.2) is 40.9 Å². The molecule has 0 bridgehead atoms. The fourth-order valence-electron chi connectivity index (χ4n) is 3.35. The van der Waals surface area contributed by atoms with Crippen molar-refractivity contribution < 1.29 is 9.59 Å². The van der Waals surface area contributed by atoms with Crippen LogP contribution in [0.5, 0.6) is 0 Å². The van der Waals surface area contributed by atoms with Gasteiger partial charge in [0.2, 0.25) is 0 Å². The highest BCUT2D eigenvalue weighted by molar-refractivity contribution is 9.10. The number of hydrogen-bond donors (Lipinski definition) is 0. The van der Waals surface area contributed by atoms with E-state index in [4.69, 9.17) is 0 Å². The Bertz CT molecular complexity index is 830. The Kier molecular flexibility index (Phi) is 3.88. The van der Waals surface area contributed by atoms with E-state index in [0.717, 1.165) is 36.9 Å². The largest absolute Gasteiger partial charge is 0.371 e. The van der Waals surface area contributed by atoms with Gasteiger partial charge in [0, 0.05) is 35.4 Å². The topological polar surface area (TPSA) is 40.6 Å². The number of benzene rings is 2. The Morgan fingerprint density at radius 1 is 1.08 bits per heavy atom. The van der Waals surface area contributed by atoms with Gasteiger partial charge in [-0.05, 0) is 64.7 Å². The summed E-state index contributed by atoms with van der Waals surface area (Å²) in [5.74, 6) is -0.0346. The first kappa shape index (κ1) is 15.4. The fraction of sp³-hybridized carbons (Fsp3) is 0.263. The van der Waals surface area contributed by atoms with Gasteiger partial charge < -0.3 is 9.80 Å². The van der Waals surface area contributed by atoms with E-state index in [2.05, 4.69) is 26.9 Å². The van der Waals surface area contributed by atoms with Crippen LogP contribution in [-0.2, 0) is 6.42 Å². The second kappa shape index (κ2) is 6.06. The number of rotatable bonds is 3. The van der Waals surface area contributed by atoms with Gasteiger partial charge in [-0.25, -0.2) is 0 Å². The molecular weight excluding hydrogens is 368 g/mol. The fourth-order valence-corrected chi connectivity index (χ4v) is 3.80. The summed E-state index contributed by atoms with van der Waals surface area (Å²) >= 11 is 3.39. The number of nitrogens with zero attached hydrogens (tertiary/aromatic N) is 2. The van der Waals surface area contributed by atoms with E-state index in [9.17, 15) is 9.59 Å². The lowest BCUT2D eigenvalue weighted by atomic mass is 9.96. The minimum atomic E-state index is -0.0346. The third kappa shape index (κ3) is 2.44. The minimum absolute atomic E-state index is 0.0346. The van der Waals surface area contributed by atoms with Gasteiger partial charge in [-0.2, -0.15) is 0 Å². The van der Waals surface area contributed by atoms with Crippen LogP contribution in [0.1, 0.15) is 32.7 Å². The summed E-state index contributed by atoms with van der Waals surface area (Å²) in [6.07, 6.45) is 2.84. The van der Waals surface area contributed by atoms with Crippen LogP contribution < -0.4 is 9.80 Å². The average molecular weight is 385 g/mol. The number of carbonyl (C=O) groups excluding carboxylic acids is 2. The monoisotopic (exact) mass is 384 g/mol. The van der Waals surface area contributed by atoms with Crippen molar-refractivity contribution in [1.29, 1.82) is 0 Å². The number of amides is 1. The zero-order valence-corrected chi connectivity index (χ0v) is 14.8. The maximum absolute atomic E-state index is 12.9. The van der Waals surface area contributed by atoms with Crippen molar-refractivity contribution in [2.75, 3.05) is 29.4 Å². The van der Waals surface area contributed by atoms with Gasteiger partial charge in [0.15, 0.2) is 6.29 Å². The number of aldehydes is 1. The van der Waals surface area contributed by atoms with Crippen molar-refractivity contribution in [3.05, 3.63) is 57.6 Å². The third-order valence-electron chi connectivity index (χ3n) is 4.83. The van der Waals surface area contributed by atoms with Gasteiger partial charge in [-0.1, -0.05) is 6.07 Å². The molecule has 2 aromatic rings. The van der Waals surface area contributed by atoms with Gasteiger partial charge in [0.25, 0.3) is 5.91 Å². The minimum Gasteiger partial charge on any atom is -0.371 e. The summed E-state index contributed by atoms with van der Waals surface area (Å²) in [6.45, 7) is 2.78. The molecule has 24 heavy (non-hydrogen) atoms. The van der Waals surface area contributed by atoms with Crippen LogP contribution >= 0.6 is 15.9 Å². The smallest absolute Gasteiger partial charge is 0.258 e. The lowest BCUT2D eigenvalue weighted by Gasteiger charge is -2.35. The Hall–Kier alpha value is -2.14. The summed E-state index contributed by atoms with van der Waals surface area (Å²) in [6, 6.07) is 11.6. The molecule has 2 aliphatic rings. The van der Waals surface area contributed by atoms with E-state index in [1.165, 1.54) is 12.1 Å². The Labute approximate surface area is 149 Å². The zero-order chi connectivity index (χ0) is 16.7. The maximum Gasteiger partial charge on any atom is 0.258 e. The van der Waals surface area contributed by atoms with Crippen LogP contribution in [0.2, 0.25) is 0 Å². The number of fused-ring (bicyclic) bond motifs is 1. The molecule has 0 aliphatic carbocycles. The molecule has 0 spiro atoms. The van der Waals surface area contributed by atoms with E-state index < -0.39 is 0 Å². The van der Waals surface area contributed by atoms with Crippen molar-refractivity contribution in [3.8, 4) is 0 Å². The van der Waals surface area contributed by atoms with Gasteiger partial charge in [0.05, 0.1) is 11.3 Å². The lowest BCUT2D eigenvalue weighted by molar-refractivity contribution is 0.0980. The van der Waals surface area contributed by atoms with Crippen LogP contribution in [0, 0.1) is 0 Å². The van der Waals surface area contributed by atoms with E-state index in [1.54, 1.807) is 4.90 Å². The molecule has 0 atom stereocenters. The van der Waals surface area contributed by atoms with Gasteiger partial charge in [-0.3, -0.25) is 9.59 Å². The molecule has 2 aliphatic heterocycles. The number of carbonyl (C=O) groups is 2.